The van der Waals surface area contributed by atoms with Crippen LogP contribution in [0, 0.1) is 27.0 Å². The van der Waals surface area contributed by atoms with Gasteiger partial charge in [0, 0.05) is 23.1 Å². The van der Waals surface area contributed by atoms with E-state index in [1.807, 2.05) is 13.8 Å². The molecule has 0 bridgehead atoms. The van der Waals surface area contributed by atoms with Gasteiger partial charge in [0.1, 0.15) is 23.6 Å². The highest BCUT2D eigenvalue weighted by Gasteiger charge is 2.54. The Balaban J connectivity index is 1.76. The molecular formula is C24H26N4O7. The number of para-hydroxylation sites is 1. The maximum atomic E-state index is 11.5. The number of amidine groups is 1. The molecular weight excluding hydrogens is 456 g/mol. The van der Waals surface area contributed by atoms with Crippen LogP contribution in [0.25, 0.3) is 0 Å². The number of rotatable bonds is 4. The molecule has 2 aromatic carbocycles. The number of nitrogens with zero attached hydrogens (tertiary/aromatic N) is 3. The minimum Gasteiger partial charge on any atom is -0.479 e. The number of aliphatic hydroxyl groups excluding tert-OH is 1. The number of aliphatic imine (C=N–C) groups is 1. The van der Waals surface area contributed by atoms with Crippen LogP contribution >= 0.6 is 0 Å². The SMILES string of the molecule is CC1(C)COC([C@@]2(C)Oc3ccc([N+](=O)[O-])cc3[C@@H](N=C(NC#N)Oc3ccccc3)[C@@H]2O)OC1. The summed E-state index contributed by atoms with van der Waals surface area (Å²) in [6.07, 6.45) is -0.550. The Morgan fingerprint density at radius 2 is 1.91 bits per heavy atom. The molecule has 11 heteroatoms. The average Bonchev–Trinajstić information content (AvgIpc) is 2.82. The number of nitriles is 1. The van der Waals surface area contributed by atoms with E-state index in [2.05, 4.69) is 10.3 Å². The number of nitro groups is 1. The van der Waals surface area contributed by atoms with Gasteiger partial charge in [0.05, 0.1) is 18.1 Å². The van der Waals surface area contributed by atoms with Gasteiger partial charge in [-0.25, -0.2) is 10.3 Å². The molecule has 184 valence electrons. The Morgan fingerprint density at radius 3 is 2.54 bits per heavy atom. The van der Waals surface area contributed by atoms with Crippen molar-refractivity contribution in [2.75, 3.05) is 13.2 Å². The molecule has 3 atom stereocenters. The first-order valence-electron chi connectivity index (χ1n) is 11.0. The molecule has 4 rings (SSSR count). The van der Waals surface area contributed by atoms with E-state index in [1.165, 1.54) is 18.2 Å². The molecule has 0 saturated carbocycles. The Hall–Kier alpha value is -3.72. The van der Waals surface area contributed by atoms with Crippen molar-refractivity contribution in [3.8, 4) is 17.7 Å². The average molecular weight is 482 g/mol. The Morgan fingerprint density at radius 1 is 1.23 bits per heavy atom. The van der Waals surface area contributed by atoms with Crippen molar-refractivity contribution >= 4 is 11.7 Å². The topological polar surface area (TPSA) is 148 Å². The van der Waals surface area contributed by atoms with Gasteiger partial charge in [-0.1, -0.05) is 32.0 Å². The molecule has 0 spiro atoms. The lowest BCUT2D eigenvalue weighted by Crippen LogP contribution is -2.62. The van der Waals surface area contributed by atoms with Crippen molar-refractivity contribution in [2.45, 2.75) is 44.8 Å². The van der Waals surface area contributed by atoms with Crippen LogP contribution in [0.2, 0.25) is 0 Å². The van der Waals surface area contributed by atoms with Crippen molar-refractivity contribution in [3.05, 3.63) is 64.2 Å². The van der Waals surface area contributed by atoms with Gasteiger partial charge in [0.25, 0.3) is 5.69 Å². The lowest BCUT2D eigenvalue weighted by Gasteiger charge is -2.48. The molecule has 0 aromatic heterocycles. The smallest absolute Gasteiger partial charge is 0.304 e. The van der Waals surface area contributed by atoms with Gasteiger partial charge in [-0.2, -0.15) is 5.26 Å². The molecule has 35 heavy (non-hydrogen) atoms. The minimum atomic E-state index is -1.42. The summed E-state index contributed by atoms with van der Waals surface area (Å²) in [7, 11) is 0. The van der Waals surface area contributed by atoms with Crippen LogP contribution in [0.4, 0.5) is 5.69 Å². The van der Waals surface area contributed by atoms with E-state index in [9.17, 15) is 20.5 Å². The number of benzene rings is 2. The first-order valence-corrected chi connectivity index (χ1v) is 11.0. The fourth-order valence-corrected chi connectivity index (χ4v) is 3.96. The van der Waals surface area contributed by atoms with Gasteiger partial charge < -0.3 is 24.1 Å². The summed E-state index contributed by atoms with van der Waals surface area (Å²) in [5.74, 6) is 0.670. The summed E-state index contributed by atoms with van der Waals surface area (Å²) in [5, 5.41) is 34.5. The third-order valence-corrected chi connectivity index (χ3v) is 5.83. The van der Waals surface area contributed by atoms with Gasteiger partial charge in [0.15, 0.2) is 18.1 Å². The molecule has 2 aliphatic heterocycles. The summed E-state index contributed by atoms with van der Waals surface area (Å²) in [6, 6.07) is 11.4. The van der Waals surface area contributed by atoms with Gasteiger partial charge in [-0.3, -0.25) is 10.1 Å². The highest BCUT2D eigenvalue weighted by atomic mass is 16.7. The minimum absolute atomic E-state index is 0.198. The Labute approximate surface area is 202 Å². The number of non-ortho nitro benzene ring substituents is 1. The number of hydrogen-bond acceptors (Lipinski definition) is 9. The van der Waals surface area contributed by atoms with Gasteiger partial charge >= 0.3 is 6.02 Å². The van der Waals surface area contributed by atoms with Crippen molar-refractivity contribution in [1.29, 1.82) is 5.26 Å². The molecule has 2 aromatic rings. The number of hydrogen-bond donors (Lipinski definition) is 2. The normalized spacial score (nSPS) is 26.1. The zero-order valence-corrected chi connectivity index (χ0v) is 19.5. The summed E-state index contributed by atoms with van der Waals surface area (Å²) in [4.78, 5) is 15.3. The molecule has 1 fully saturated rings. The number of nitro benzene ring substituents is 1. The molecule has 0 radical (unpaired) electrons. The molecule has 0 amide bonds. The quantitative estimate of drug-likeness (QED) is 0.167. The van der Waals surface area contributed by atoms with E-state index in [0.29, 0.717) is 19.0 Å². The van der Waals surface area contributed by atoms with Gasteiger partial charge in [-0.15, -0.1) is 0 Å². The van der Waals surface area contributed by atoms with Crippen LogP contribution < -0.4 is 14.8 Å². The van der Waals surface area contributed by atoms with E-state index in [4.69, 9.17) is 18.9 Å². The van der Waals surface area contributed by atoms with Gasteiger partial charge in [-0.05, 0) is 25.1 Å². The van der Waals surface area contributed by atoms with E-state index >= 15 is 0 Å². The van der Waals surface area contributed by atoms with Gasteiger partial charge in [0.2, 0.25) is 0 Å². The first kappa shape index (κ1) is 24.4. The lowest BCUT2D eigenvalue weighted by molar-refractivity contribution is -0.385. The van der Waals surface area contributed by atoms with Crippen molar-refractivity contribution in [3.63, 3.8) is 0 Å². The van der Waals surface area contributed by atoms with Crippen LogP contribution in [0.15, 0.2) is 53.5 Å². The molecule has 1 saturated heterocycles. The monoisotopic (exact) mass is 482 g/mol. The number of ether oxygens (including phenoxy) is 4. The number of fused-ring (bicyclic) bond motifs is 1. The second kappa shape index (κ2) is 9.50. The maximum Gasteiger partial charge on any atom is 0.304 e. The standard InChI is InChI=1S/C24H26N4O7/c1-23(2)12-32-21(33-13-23)24(3)20(29)19(17-11-15(28(30)31)9-10-18(17)35-24)27-22(26-14-25)34-16-7-5-4-6-8-16/h4-11,19-21,29H,12-13H2,1-3H3,(H,26,27)/t19-,20+,24+/m1/s1. The largest absolute Gasteiger partial charge is 0.479 e. The molecule has 2 heterocycles. The molecule has 0 aliphatic carbocycles. The van der Waals surface area contributed by atoms with Crippen molar-refractivity contribution in [2.24, 2.45) is 10.4 Å². The fraction of sp³-hybridized carbons (Fsp3) is 0.417. The highest BCUT2D eigenvalue weighted by molar-refractivity contribution is 5.78. The van der Waals surface area contributed by atoms with Crippen LogP contribution in [-0.2, 0) is 9.47 Å². The second-order valence-electron chi connectivity index (χ2n) is 9.36. The van der Waals surface area contributed by atoms with Crippen molar-refractivity contribution in [1.82, 2.24) is 5.32 Å². The molecule has 2 aliphatic rings. The summed E-state index contributed by atoms with van der Waals surface area (Å²) >= 11 is 0. The van der Waals surface area contributed by atoms with E-state index in [-0.39, 0.29) is 28.4 Å². The predicted molar refractivity (Wildman–Crippen MR) is 124 cm³/mol. The number of aliphatic hydroxyl groups is 1. The molecule has 0 unspecified atom stereocenters. The second-order valence-corrected chi connectivity index (χ2v) is 9.36. The Bertz CT molecular complexity index is 1150. The van der Waals surface area contributed by atoms with E-state index in [0.717, 1.165) is 0 Å². The van der Waals surface area contributed by atoms with E-state index in [1.54, 1.807) is 43.4 Å². The zero-order valence-electron chi connectivity index (χ0n) is 19.5. The highest BCUT2D eigenvalue weighted by Crippen LogP contribution is 2.46. The van der Waals surface area contributed by atoms with Crippen LogP contribution in [0.3, 0.4) is 0 Å². The number of nitrogens with one attached hydrogen (secondary N) is 1. The summed E-state index contributed by atoms with van der Waals surface area (Å²) in [5.41, 5.74) is -1.57. The van der Waals surface area contributed by atoms with Crippen molar-refractivity contribution < 1.29 is 29.0 Å². The van der Waals surface area contributed by atoms with E-state index < -0.39 is 29.0 Å². The lowest BCUT2D eigenvalue weighted by atomic mass is 9.84. The van der Waals surface area contributed by atoms with Crippen LogP contribution in [-0.4, -0.2) is 47.3 Å². The first-order chi connectivity index (χ1) is 16.6. The van der Waals surface area contributed by atoms with Crippen LogP contribution in [0.5, 0.6) is 11.5 Å². The summed E-state index contributed by atoms with van der Waals surface area (Å²) in [6.45, 7) is 6.37. The zero-order chi connectivity index (χ0) is 25.2. The molecule has 11 nitrogen and oxygen atoms in total. The third-order valence-electron chi connectivity index (χ3n) is 5.83. The third kappa shape index (κ3) is 5.05. The predicted octanol–water partition coefficient (Wildman–Crippen LogP) is 3.05. The van der Waals surface area contributed by atoms with Crippen LogP contribution in [0.1, 0.15) is 32.4 Å². The fourth-order valence-electron chi connectivity index (χ4n) is 3.96. The maximum absolute atomic E-state index is 11.5. The molecule has 2 N–H and O–H groups in total. The summed E-state index contributed by atoms with van der Waals surface area (Å²) < 4.78 is 23.7. The Kier molecular flexibility index (Phi) is 6.62.